The van der Waals surface area contributed by atoms with Crippen molar-refractivity contribution in [1.82, 2.24) is 4.90 Å². The maximum Gasteiger partial charge on any atom is 0.410 e. The van der Waals surface area contributed by atoms with Gasteiger partial charge in [0, 0.05) is 12.1 Å². The first-order valence-electron chi connectivity index (χ1n) is 5.53. The Morgan fingerprint density at radius 1 is 1.14 bits per heavy atom. The lowest BCUT2D eigenvalue weighted by molar-refractivity contribution is 0.0743. The van der Waals surface area contributed by atoms with Gasteiger partial charge >= 0.3 is 6.09 Å². The second-order valence-electron chi connectivity index (χ2n) is 3.62. The van der Waals surface area contributed by atoms with E-state index in [0.29, 0.717) is 6.61 Å². The predicted octanol–water partition coefficient (Wildman–Crippen LogP) is 3.04. The lowest BCUT2D eigenvalue weighted by Gasteiger charge is -2.32. The maximum absolute atomic E-state index is 11.6. The van der Waals surface area contributed by atoms with Crippen LogP contribution in [0.1, 0.15) is 47.5 Å². The monoisotopic (exact) mass is 201 g/mol. The number of rotatable bonds is 5. The molecule has 0 aliphatic rings. The summed E-state index contributed by atoms with van der Waals surface area (Å²) in [5.41, 5.74) is 0. The molecular weight excluding hydrogens is 178 g/mol. The molecule has 3 nitrogen and oxygen atoms in total. The van der Waals surface area contributed by atoms with Crippen LogP contribution < -0.4 is 0 Å². The fraction of sp³-hybridized carbons (Fsp3) is 0.909. The van der Waals surface area contributed by atoms with Crippen LogP contribution in [-0.2, 0) is 4.74 Å². The first kappa shape index (κ1) is 13.3. The fourth-order valence-corrected chi connectivity index (χ4v) is 1.39. The van der Waals surface area contributed by atoms with Crippen molar-refractivity contribution in [3.63, 3.8) is 0 Å². The molecule has 84 valence electrons. The molecule has 0 bridgehead atoms. The molecule has 2 atom stereocenters. The smallest absolute Gasteiger partial charge is 0.410 e. The first-order valence-corrected chi connectivity index (χ1v) is 5.53. The quantitative estimate of drug-likeness (QED) is 0.684. The first-order chi connectivity index (χ1) is 6.58. The summed E-state index contributed by atoms with van der Waals surface area (Å²) in [6.45, 7) is 10.6. The molecule has 0 aromatic rings. The van der Waals surface area contributed by atoms with Gasteiger partial charge in [-0.2, -0.15) is 0 Å². The second kappa shape index (κ2) is 6.68. The Balaban J connectivity index is 4.45. The van der Waals surface area contributed by atoms with E-state index < -0.39 is 0 Å². The Morgan fingerprint density at radius 2 is 1.57 bits per heavy atom. The molecule has 14 heavy (non-hydrogen) atoms. The number of ether oxygens (including phenoxy) is 1. The topological polar surface area (TPSA) is 29.5 Å². The van der Waals surface area contributed by atoms with Crippen molar-refractivity contribution >= 4 is 6.09 Å². The number of hydrogen-bond acceptors (Lipinski definition) is 2. The summed E-state index contributed by atoms with van der Waals surface area (Å²) < 4.78 is 5.04. The Kier molecular flexibility index (Phi) is 6.34. The standard InChI is InChI=1S/C11H23NO2/c1-6-9(4)12(10(5)7-2)11(13)14-8-3/h9-10H,6-8H2,1-5H3. The highest BCUT2D eigenvalue weighted by Gasteiger charge is 2.24. The van der Waals surface area contributed by atoms with Crippen molar-refractivity contribution in [2.75, 3.05) is 6.61 Å². The Hall–Kier alpha value is -0.730. The SMILES string of the molecule is CCOC(=O)N(C(C)CC)C(C)CC. The van der Waals surface area contributed by atoms with Gasteiger partial charge in [0.1, 0.15) is 0 Å². The number of carbonyl (C=O) groups is 1. The van der Waals surface area contributed by atoms with E-state index in [-0.39, 0.29) is 18.2 Å². The molecule has 0 spiro atoms. The highest BCUT2D eigenvalue weighted by atomic mass is 16.6. The zero-order valence-electron chi connectivity index (χ0n) is 10.0. The van der Waals surface area contributed by atoms with Crippen molar-refractivity contribution in [2.45, 2.75) is 59.5 Å². The molecule has 0 rings (SSSR count). The number of nitrogens with zero attached hydrogens (tertiary/aromatic N) is 1. The van der Waals surface area contributed by atoms with Crippen molar-refractivity contribution in [2.24, 2.45) is 0 Å². The largest absolute Gasteiger partial charge is 0.450 e. The van der Waals surface area contributed by atoms with Crippen LogP contribution in [0.4, 0.5) is 4.79 Å². The third kappa shape index (κ3) is 3.56. The van der Waals surface area contributed by atoms with Crippen molar-refractivity contribution in [1.29, 1.82) is 0 Å². The fourth-order valence-electron chi connectivity index (χ4n) is 1.39. The molecule has 0 saturated heterocycles. The predicted molar refractivity (Wildman–Crippen MR) is 58.4 cm³/mol. The summed E-state index contributed by atoms with van der Waals surface area (Å²) >= 11 is 0. The van der Waals surface area contributed by atoms with Gasteiger partial charge in [-0.05, 0) is 33.6 Å². The van der Waals surface area contributed by atoms with Crippen LogP contribution in [0.25, 0.3) is 0 Å². The van der Waals surface area contributed by atoms with Gasteiger partial charge in [-0.1, -0.05) is 13.8 Å². The molecule has 1 amide bonds. The van der Waals surface area contributed by atoms with Gasteiger partial charge in [0.05, 0.1) is 6.61 Å². The van der Waals surface area contributed by atoms with Gasteiger partial charge in [0.15, 0.2) is 0 Å². The summed E-state index contributed by atoms with van der Waals surface area (Å²) in [4.78, 5) is 13.5. The summed E-state index contributed by atoms with van der Waals surface area (Å²) in [6, 6.07) is 0.507. The van der Waals surface area contributed by atoms with E-state index in [1.807, 2.05) is 11.8 Å². The second-order valence-corrected chi connectivity index (χ2v) is 3.62. The average molecular weight is 201 g/mol. The Labute approximate surface area is 87.4 Å². The van der Waals surface area contributed by atoms with Crippen LogP contribution >= 0.6 is 0 Å². The molecule has 3 heteroatoms. The average Bonchev–Trinajstić information content (AvgIpc) is 2.17. The van der Waals surface area contributed by atoms with Crippen LogP contribution in [0.3, 0.4) is 0 Å². The van der Waals surface area contributed by atoms with Gasteiger partial charge in [0.2, 0.25) is 0 Å². The van der Waals surface area contributed by atoms with Gasteiger partial charge in [-0.25, -0.2) is 4.79 Å². The summed E-state index contributed by atoms with van der Waals surface area (Å²) in [6.07, 6.45) is 1.74. The van der Waals surface area contributed by atoms with Gasteiger partial charge in [-0.15, -0.1) is 0 Å². The number of amides is 1. The van der Waals surface area contributed by atoms with Crippen molar-refractivity contribution in [3.8, 4) is 0 Å². The molecule has 0 fully saturated rings. The molecule has 0 N–H and O–H groups in total. The third-order valence-electron chi connectivity index (χ3n) is 2.61. The molecule has 0 saturated carbocycles. The van der Waals surface area contributed by atoms with E-state index in [2.05, 4.69) is 27.7 Å². The van der Waals surface area contributed by atoms with Gasteiger partial charge in [-0.3, -0.25) is 0 Å². The van der Waals surface area contributed by atoms with Crippen LogP contribution in [0.5, 0.6) is 0 Å². The van der Waals surface area contributed by atoms with Crippen LogP contribution in [0.15, 0.2) is 0 Å². The molecule has 0 aromatic carbocycles. The molecule has 0 radical (unpaired) electrons. The van der Waals surface area contributed by atoms with Crippen LogP contribution in [-0.4, -0.2) is 29.7 Å². The van der Waals surface area contributed by atoms with Crippen molar-refractivity contribution < 1.29 is 9.53 Å². The minimum Gasteiger partial charge on any atom is -0.450 e. The van der Waals surface area contributed by atoms with E-state index in [4.69, 9.17) is 4.74 Å². The number of carbonyl (C=O) groups excluding carboxylic acids is 1. The highest BCUT2D eigenvalue weighted by molar-refractivity contribution is 5.68. The van der Waals surface area contributed by atoms with Crippen LogP contribution in [0.2, 0.25) is 0 Å². The highest BCUT2D eigenvalue weighted by Crippen LogP contribution is 2.13. The Bertz CT molecular complexity index is 161. The molecule has 0 aromatic heterocycles. The van der Waals surface area contributed by atoms with Gasteiger partial charge < -0.3 is 9.64 Å². The van der Waals surface area contributed by atoms with E-state index in [0.717, 1.165) is 12.8 Å². The maximum atomic E-state index is 11.6. The molecular formula is C11H23NO2. The minimum absolute atomic E-state index is 0.184. The minimum atomic E-state index is -0.184. The Morgan fingerprint density at radius 3 is 1.86 bits per heavy atom. The van der Waals surface area contributed by atoms with E-state index >= 15 is 0 Å². The van der Waals surface area contributed by atoms with Crippen molar-refractivity contribution in [3.05, 3.63) is 0 Å². The van der Waals surface area contributed by atoms with E-state index in [1.165, 1.54) is 0 Å². The summed E-state index contributed by atoms with van der Waals surface area (Å²) in [7, 11) is 0. The van der Waals surface area contributed by atoms with Crippen LogP contribution in [0, 0.1) is 0 Å². The zero-order valence-corrected chi connectivity index (χ0v) is 10.0. The molecule has 0 heterocycles. The summed E-state index contributed by atoms with van der Waals surface area (Å²) in [5, 5.41) is 0. The lowest BCUT2D eigenvalue weighted by Crippen LogP contribution is -2.44. The van der Waals surface area contributed by atoms with E-state index in [1.54, 1.807) is 0 Å². The lowest BCUT2D eigenvalue weighted by atomic mass is 10.1. The third-order valence-corrected chi connectivity index (χ3v) is 2.61. The summed E-state index contributed by atoms with van der Waals surface area (Å²) in [5.74, 6) is 0. The molecule has 0 aliphatic heterocycles. The zero-order chi connectivity index (χ0) is 11.1. The number of hydrogen-bond donors (Lipinski definition) is 0. The molecule has 2 unspecified atom stereocenters. The van der Waals surface area contributed by atoms with E-state index in [9.17, 15) is 4.79 Å². The normalized spacial score (nSPS) is 14.6. The van der Waals surface area contributed by atoms with Gasteiger partial charge in [0.25, 0.3) is 0 Å². The molecule has 0 aliphatic carbocycles.